The van der Waals surface area contributed by atoms with Gasteiger partial charge in [-0.2, -0.15) is 0 Å². The van der Waals surface area contributed by atoms with Crippen molar-refractivity contribution in [2.45, 2.75) is 6.54 Å². The summed E-state index contributed by atoms with van der Waals surface area (Å²) in [4.78, 5) is 19.9. The van der Waals surface area contributed by atoms with Crippen LogP contribution in [0.25, 0.3) is 10.1 Å². The van der Waals surface area contributed by atoms with E-state index in [1.54, 1.807) is 24.3 Å². The van der Waals surface area contributed by atoms with Crippen molar-refractivity contribution in [3.8, 4) is 0 Å². The zero-order valence-corrected chi connectivity index (χ0v) is 13.6. The van der Waals surface area contributed by atoms with Crippen LogP contribution in [0.5, 0.6) is 0 Å². The second-order valence-corrected chi connectivity index (χ2v) is 7.44. The highest BCUT2D eigenvalue weighted by atomic mass is 35.5. The fourth-order valence-corrected chi connectivity index (χ4v) is 4.27. The van der Waals surface area contributed by atoms with Crippen LogP contribution in [0.3, 0.4) is 0 Å². The lowest BCUT2D eigenvalue weighted by molar-refractivity contribution is 0.0792. The van der Waals surface area contributed by atoms with E-state index in [-0.39, 0.29) is 5.91 Å². The van der Waals surface area contributed by atoms with Gasteiger partial charge in [0.15, 0.2) is 0 Å². The maximum atomic E-state index is 12.6. The van der Waals surface area contributed by atoms with E-state index in [1.807, 2.05) is 18.2 Å². The van der Waals surface area contributed by atoms with E-state index in [2.05, 4.69) is 4.98 Å². The van der Waals surface area contributed by atoms with Gasteiger partial charge in [0.05, 0.1) is 21.3 Å². The van der Waals surface area contributed by atoms with E-state index in [4.69, 9.17) is 17.3 Å². The monoisotopic (exact) mass is 337 g/mol. The molecule has 3 aromatic heterocycles. The van der Waals surface area contributed by atoms with Crippen molar-refractivity contribution in [1.29, 1.82) is 0 Å². The molecule has 0 saturated carbocycles. The molecule has 0 atom stereocenters. The topological polar surface area (TPSA) is 59.2 Å². The molecule has 0 unspecified atom stereocenters. The van der Waals surface area contributed by atoms with Crippen molar-refractivity contribution in [3.05, 3.63) is 44.7 Å². The number of thiophene rings is 2. The second kappa shape index (κ2) is 5.63. The van der Waals surface area contributed by atoms with Gasteiger partial charge in [0.2, 0.25) is 0 Å². The fourth-order valence-electron chi connectivity index (χ4n) is 2.05. The molecule has 2 N–H and O–H groups in total. The Morgan fingerprint density at radius 1 is 1.38 bits per heavy atom. The lowest BCUT2D eigenvalue weighted by Crippen LogP contribution is -2.25. The maximum Gasteiger partial charge on any atom is 0.266 e. The van der Waals surface area contributed by atoms with Crippen LogP contribution in [-0.4, -0.2) is 22.8 Å². The number of nitrogens with zero attached hydrogens (tertiary/aromatic N) is 2. The van der Waals surface area contributed by atoms with E-state index in [0.717, 1.165) is 19.3 Å². The van der Waals surface area contributed by atoms with Crippen LogP contribution in [0, 0.1) is 0 Å². The van der Waals surface area contributed by atoms with E-state index in [0.29, 0.717) is 17.1 Å². The van der Waals surface area contributed by atoms with Crippen molar-refractivity contribution < 1.29 is 4.79 Å². The Balaban J connectivity index is 1.87. The Morgan fingerprint density at radius 3 is 2.86 bits per heavy atom. The minimum absolute atomic E-state index is 0.0850. The lowest BCUT2D eigenvalue weighted by Gasteiger charge is -2.15. The summed E-state index contributed by atoms with van der Waals surface area (Å²) in [5.41, 5.74) is 6.62. The molecule has 7 heteroatoms. The minimum atomic E-state index is -0.0850. The predicted octanol–water partition coefficient (Wildman–Crippen LogP) is 3.87. The molecule has 0 aliphatic carbocycles. The smallest absolute Gasteiger partial charge is 0.266 e. The number of anilines is 1. The average Bonchev–Trinajstić information content (AvgIpc) is 3.03. The SMILES string of the molecule is CN(Cc1ccc(Cl)s1)C(=O)c1sc2cnccc2c1N. The highest BCUT2D eigenvalue weighted by Gasteiger charge is 2.20. The highest BCUT2D eigenvalue weighted by Crippen LogP contribution is 2.34. The molecule has 0 aliphatic rings. The molecule has 0 bridgehead atoms. The Kier molecular flexibility index (Phi) is 3.84. The number of nitrogen functional groups attached to an aromatic ring is 1. The minimum Gasteiger partial charge on any atom is -0.397 e. The molecule has 0 saturated heterocycles. The summed E-state index contributed by atoms with van der Waals surface area (Å²) < 4.78 is 1.64. The van der Waals surface area contributed by atoms with Gasteiger partial charge in [-0.15, -0.1) is 22.7 Å². The van der Waals surface area contributed by atoms with Gasteiger partial charge in [-0.1, -0.05) is 11.6 Å². The number of pyridine rings is 1. The van der Waals surface area contributed by atoms with Crippen LogP contribution < -0.4 is 5.73 Å². The van der Waals surface area contributed by atoms with Crippen molar-refractivity contribution in [2.75, 3.05) is 12.8 Å². The summed E-state index contributed by atoms with van der Waals surface area (Å²) in [6.45, 7) is 0.516. The third kappa shape index (κ3) is 2.74. The summed E-state index contributed by atoms with van der Waals surface area (Å²) in [5.74, 6) is -0.0850. The van der Waals surface area contributed by atoms with Gasteiger partial charge in [0.25, 0.3) is 5.91 Å². The van der Waals surface area contributed by atoms with Crippen molar-refractivity contribution in [2.24, 2.45) is 0 Å². The molecule has 108 valence electrons. The number of carbonyl (C=O) groups is 1. The first kappa shape index (κ1) is 14.3. The van der Waals surface area contributed by atoms with Gasteiger partial charge in [-0.3, -0.25) is 9.78 Å². The molecule has 4 nitrogen and oxygen atoms in total. The van der Waals surface area contributed by atoms with Gasteiger partial charge in [-0.25, -0.2) is 0 Å². The lowest BCUT2D eigenvalue weighted by atomic mass is 10.2. The fraction of sp³-hybridized carbons (Fsp3) is 0.143. The molecule has 0 radical (unpaired) electrons. The third-order valence-electron chi connectivity index (χ3n) is 3.09. The number of amides is 1. The van der Waals surface area contributed by atoms with E-state index in [9.17, 15) is 4.79 Å². The van der Waals surface area contributed by atoms with Crippen molar-refractivity contribution >= 4 is 56.0 Å². The molecule has 3 aromatic rings. The van der Waals surface area contributed by atoms with E-state index < -0.39 is 0 Å². The normalized spacial score (nSPS) is 11.0. The van der Waals surface area contributed by atoms with Gasteiger partial charge < -0.3 is 10.6 Å². The zero-order valence-electron chi connectivity index (χ0n) is 11.2. The Labute approximate surface area is 134 Å². The van der Waals surface area contributed by atoms with E-state index >= 15 is 0 Å². The Hall–Kier alpha value is -1.63. The van der Waals surface area contributed by atoms with Crippen LogP contribution in [-0.2, 0) is 6.54 Å². The maximum absolute atomic E-state index is 12.6. The van der Waals surface area contributed by atoms with Gasteiger partial charge in [-0.05, 0) is 18.2 Å². The largest absolute Gasteiger partial charge is 0.397 e. The summed E-state index contributed by atoms with van der Waals surface area (Å²) in [7, 11) is 1.76. The molecule has 0 fully saturated rings. The summed E-state index contributed by atoms with van der Waals surface area (Å²) in [6, 6.07) is 5.59. The predicted molar refractivity (Wildman–Crippen MR) is 89.2 cm³/mol. The first-order valence-corrected chi connectivity index (χ1v) is 8.19. The third-order valence-corrected chi connectivity index (χ3v) is 5.45. The first-order valence-electron chi connectivity index (χ1n) is 6.18. The number of fused-ring (bicyclic) bond motifs is 1. The van der Waals surface area contributed by atoms with Crippen molar-refractivity contribution in [3.63, 3.8) is 0 Å². The number of carbonyl (C=O) groups excluding carboxylic acids is 1. The number of nitrogens with two attached hydrogens (primary N) is 1. The summed E-state index contributed by atoms with van der Waals surface area (Å²) in [6.07, 6.45) is 3.41. The zero-order chi connectivity index (χ0) is 15.0. The van der Waals surface area contributed by atoms with Crippen LogP contribution in [0.1, 0.15) is 14.5 Å². The number of hydrogen-bond donors (Lipinski definition) is 1. The van der Waals surface area contributed by atoms with Crippen LogP contribution in [0.4, 0.5) is 5.69 Å². The number of aromatic nitrogens is 1. The van der Waals surface area contributed by atoms with Gasteiger partial charge in [0, 0.05) is 29.7 Å². The molecule has 21 heavy (non-hydrogen) atoms. The first-order chi connectivity index (χ1) is 10.1. The standard InChI is InChI=1S/C14H12ClN3OS2/c1-18(7-8-2-3-11(15)20-8)14(19)13-12(16)9-4-5-17-6-10(9)21-13/h2-6H,7,16H2,1H3. The van der Waals surface area contributed by atoms with Crippen LogP contribution in [0.2, 0.25) is 4.34 Å². The molecular formula is C14H12ClN3OS2. The Bertz CT molecular complexity index is 812. The number of hydrogen-bond acceptors (Lipinski definition) is 5. The number of halogens is 1. The highest BCUT2D eigenvalue weighted by molar-refractivity contribution is 7.21. The molecule has 0 aromatic carbocycles. The quantitative estimate of drug-likeness (QED) is 0.789. The molecule has 3 heterocycles. The molecule has 0 aliphatic heterocycles. The molecule has 1 amide bonds. The number of rotatable bonds is 3. The van der Waals surface area contributed by atoms with Gasteiger partial charge >= 0.3 is 0 Å². The summed E-state index contributed by atoms with van der Waals surface area (Å²) in [5, 5.41) is 0.880. The molecule has 0 spiro atoms. The van der Waals surface area contributed by atoms with Crippen LogP contribution in [0.15, 0.2) is 30.6 Å². The molecule has 3 rings (SSSR count). The average molecular weight is 338 g/mol. The van der Waals surface area contributed by atoms with E-state index in [1.165, 1.54) is 22.7 Å². The van der Waals surface area contributed by atoms with Crippen LogP contribution >= 0.6 is 34.3 Å². The summed E-state index contributed by atoms with van der Waals surface area (Å²) >= 11 is 8.76. The second-order valence-electron chi connectivity index (χ2n) is 4.58. The molecular weight excluding hydrogens is 326 g/mol. The van der Waals surface area contributed by atoms with Gasteiger partial charge in [0.1, 0.15) is 4.88 Å². The Morgan fingerprint density at radius 2 is 2.19 bits per heavy atom. The van der Waals surface area contributed by atoms with Crippen molar-refractivity contribution in [1.82, 2.24) is 9.88 Å².